The van der Waals surface area contributed by atoms with Crippen molar-refractivity contribution in [1.29, 1.82) is 0 Å². The maximum absolute atomic E-state index is 13.0. The molecule has 0 unspecified atom stereocenters. The number of thiocarbonyl (C=S) groups is 1. The van der Waals surface area contributed by atoms with E-state index in [1.807, 2.05) is 0 Å². The minimum atomic E-state index is -1.23. The second kappa shape index (κ2) is 8.41. The third-order valence-electron chi connectivity index (χ3n) is 8.38. The Balaban J connectivity index is 1.03. The highest BCUT2D eigenvalue weighted by Gasteiger charge is 2.55. The molecule has 0 aromatic heterocycles. The minimum absolute atomic E-state index is 0.0889. The minimum Gasteiger partial charge on any atom is -0.388 e. The van der Waals surface area contributed by atoms with Crippen LogP contribution in [-0.4, -0.2) is 81.5 Å². The molecule has 6 bridgehead atoms. The molecule has 5 atom stereocenters. The highest BCUT2D eigenvalue weighted by Crippen LogP contribution is 2.60. The van der Waals surface area contributed by atoms with Crippen LogP contribution in [0.2, 0.25) is 0 Å². The van der Waals surface area contributed by atoms with Gasteiger partial charge in [-0.05, 0) is 81.3 Å². The van der Waals surface area contributed by atoms with Crippen molar-refractivity contribution >= 4 is 23.2 Å². The molecule has 1 amide bonds. The number of fused-ring (bicyclic) bond motifs is 2. The van der Waals surface area contributed by atoms with E-state index < -0.39 is 30.6 Å². The molecular formula is C22H35N3O5S. The third-order valence-corrected chi connectivity index (χ3v) is 8.73. The van der Waals surface area contributed by atoms with Gasteiger partial charge in [-0.1, -0.05) is 0 Å². The van der Waals surface area contributed by atoms with Crippen LogP contribution >= 0.6 is 12.2 Å². The average molecular weight is 454 g/mol. The summed E-state index contributed by atoms with van der Waals surface area (Å²) in [5.74, 6) is 2.59. The lowest BCUT2D eigenvalue weighted by Gasteiger charge is -2.55. The Morgan fingerprint density at radius 1 is 0.935 bits per heavy atom. The molecule has 174 valence electrons. The SMILES string of the molecule is O=C(NCCCCNC(=S)N1[C@H]2CO[C@H]1[C@H](O)[C@@H](O)[C@@H]2O)C12CC3CC(CC(C3)C1)C2. The van der Waals surface area contributed by atoms with Gasteiger partial charge in [-0.3, -0.25) is 4.79 Å². The molecule has 4 saturated carbocycles. The molecule has 0 radical (unpaired) electrons. The summed E-state index contributed by atoms with van der Waals surface area (Å²) in [6, 6.07) is -0.456. The van der Waals surface area contributed by atoms with Crippen molar-refractivity contribution in [2.45, 2.75) is 81.9 Å². The van der Waals surface area contributed by atoms with Crippen LogP contribution in [0.4, 0.5) is 0 Å². The van der Waals surface area contributed by atoms with Crippen molar-refractivity contribution in [3.05, 3.63) is 0 Å². The molecule has 6 fully saturated rings. The highest BCUT2D eigenvalue weighted by atomic mass is 32.1. The Bertz CT molecular complexity index is 668. The largest absolute Gasteiger partial charge is 0.388 e. The van der Waals surface area contributed by atoms with Crippen molar-refractivity contribution < 1.29 is 24.9 Å². The summed E-state index contributed by atoms with van der Waals surface area (Å²) < 4.78 is 5.52. The van der Waals surface area contributed by atoms with E-state index in [2.05, 4.69) is 10.6 Å². The number of hydrogen-bond donors (Lipinski definition) is 5. The van der Waals surface area contributed by atoms with Gasteiger partial charge < -0.3 is 35.6 Å². The predicted octanol–water partition coefficient (Wildman–Crippen LogP) is 0.0969. The third kappa shape index (κ3) is 3.86. The Morgan fingerprint density at radius 2 is 1.52 bits per heavy atom. The zero-order valence-electron chi connectivity index (χ0n) is 17.9. The summed E-state index contributed by atoms with van der Waals surface area (Å²) in [6.07, 6.45) is 4.74. The number of carbonyl (C=O) groups excluding carboxylic acids is 1. The Morgan fingerprint density at radius 3 is 2.13 bits per heavy atom. The Labute approximate surface area is 188 Å². The van der Waals surface area contributed by atoms with E-state index in [0.29, 0.717) is 18.2 Å². The number of amides is 1. The molecule has 9 heteroatoms. The lowest BCUT2D eigenvalue weighted by Crippen LogP contribution is -2.65. The first-order valence-electron chi connectivity index (χ1n) is 11.9. The van der Waals surface area contributed by atoms with Crippen LogP contribution in [0.5, 0.6) is 0 Å². The zero-order valence-corrected chi connectivity index (χ0v) is 18.7. The number of carbonyl (C=O) groups is 1. The fraction of sp³-hybridized carbons (Fsp3) is 0.909. The molecule has 0 aromatic carbocycles. The zero-order chi connectivity index (χ0) is 21.8. The summed E-state index contributed by atoms with van der Waals surface area (Å²) in [7, 11) is 0. The van der Waals surface area contributed by atoms with Crippen LogP contribution in [0, 0.1) is 23.2 Å². The van der Waals surface area contributed by atoms with Gasteiger partial charge >= 0.3 is 0 Å². The van der Waals surface area contributed by atoms with Gasteiger partial charge in [0.25, 0.3) is 0 Å². The standard InChI is InChI=1S/C22H35N3O5S/c26-16-15-11-30-19(18(28)17(16)27)25(15)21(31)24-4-2-1-3-23-20(29)22-8-12-5-13(9-22)7-14(6-12)10-22/h12-19,26-28H,1-11H2,(H,23,29)(H,24,31)/t12?,13?,14?,15-,16+,17-,18+,19-,22?/m0/s1. The van der Waals surface area contributed by atoms with Crippen LogP contribution in [0.25, 0.3) is 0 Å². The van der Waals surface area contributed by atoms with Crippen molar-refractivity contribution in [3.8, 4) is 0 Å². The lowest BCUT2D eigenvalue weighted by atomic mass is 9.49. The van der Waals surface area contributed by atoms with E-state index in [-0.39, 0.29) is 17.9 Å². The van der Waals surface area contributed by atoms with E-state index >= 15 is 0 Å². The Kier molecular flexibility index (Phi) is 5.92. The summed E-state index contributed by atoms with van der Waals surface area (Å²) in [6.45, 7) is 1.53. The number of hydrogen-bond acceptors (Lipinski definition) is 6. The van der Waals surface area contributed by atoms with Gasteiger partial charge in [0.05, 0.1) is 12.6 Å². The molecule has 5 N–H and O–H groups in total. The Hall–Kier alpha value is -1.00. The lowest BCUT2D eigenvalue weighted by molar-refractivity contribution is -0.154. The number of rotatable bonds is 6. The molecule has 31 heavy (non-hydrogen) atoms. The van der Waals surface area contributed by atoms with E-state index in [0.717, 1.165) is 49.9 Å². The van der Waals surface area contributed by atoms with E-state index in [1.165, 1.54) is 19.3 Å². The van der Waals surface area contributed by atoms with Crippen molar-refractivity contribution in [3.63, 3.8) is 0 Å². The smallest absolute Gasteiger partial charge is 0.226 e. The maximum Gasteiger partial charge on any atom is 0.226 e. The molecule has 4 aliphatic carbocycles. The van der Waals surface area contributed by atoms with E-state index in [1.54, 1.807) is 4.90 Å². The highest BCUT2D eigenvalue weighted by molar-refractivity contribution is 7.80. The second-order valence-corrected chi connectivity index (χ2v) is 10.9. The van der Waals surface area contributed by atoms with Gasteiger partial charge in [0.15, 0.2) is 11.3 Å². The van der Waals surface area contributed by atoms with Crippen LogP contribution in [-0.2, 0) is 9.53 Å². The monoisotopic (exact) mass is 453 g/mol. The fourth-order valence-electron chi connectivity index (χ4n) is 7.25. The van der Waals surface area contributed by atoms with E-state index in [4.69, 9.17) is 17.0 Å². The van der Waals surface area contributed by atoms with Gasteiger partial charge in [-0.2, -0.15) is 0 Å². The molecule has 2 heterocycles. The van der Waals surface area contributed by atoms with Crippen LogP contribution in [0.15, 0.2) is 0 Å². The topological polar surface area (TPSA) is 114 Å². The summed E-state index contributed by atoms with van der Waals surface area (Å²) >= 11 is 5.44. The number of aliphatic hydroxyl groups excluding tert-OH is 3. The van der Waals surface area contributed by atoms with Gasteiger partial charge in [-0.25, -0.2) is 0 Å². The van der Waals surface area contributed by atoms with Crippen LogP contribution < -0.4 is 10.6 Å². The van der Waals surface area contributed by atoms with Gasteiger partial charge in [0.2, 0.25) is 5.91 Å². The van der Waals surface area contributed by atoms with Crippen LogP contribution in [0.1, 0.15) is 51.4 Å². The summed E-state index contributed by atoms with van der Waals surface area (Å²) in [5, 5.41) is 37.0. The van der Waals surface area contributed by atoms with Gasteiger partial charge in [0.1, 0.15) is 18.3 Å². The quantitative estimate of drug-likeness (QED) is 0.284. The molecule has 2 saturated heterocycles. The number of nitrogens with zero attached hydrogens (tertiary/aromatic N) is 1. The van der Waals surface area contributed by atoms with Crippen molar-refractivity contribution in [1.82, 2.24) is 15.5 Å². The number of piperidine rings is 1. The fourth-order valence-corrected chi connectivity index (χ4v) is 7.59. The van der Waals surface area contributed by atoms with Crippen molar-refractivity contribution in [2.75, 3.05) is 19.7 Å². The molecule has 8 nitrogen and oxygen atoms in total. The van der Waals surface area contributed by atoms with Gasteiger partial charge in [-0.15, -0.1) is 0 Å². The summed E-state index contributed by atoms with van der Waals surface area (Å²) in [5.41, 5.74) is -0.0889. The number of ether oxygens (including phenoxy) is 1. The molecule has 6 aliphatic rings. The second-order valence-electron chi connectivity index (χ2n) is 10.6. The maximum atomic E-state index is 13.0. The normalized spacial score (nSPS) is 45.1. The molecule has 0 spiro atoms. The van der Waals surface area contributed by atoms with Crippen LogP contribution in [0.3, 0.4) is 0 Å². The van der Waals surface area contributed by atoms with Gasteiger partial charge in [0, 0.05) is 18.5 Å². The first-order chi connectivity index (χ1) is 14.9. The molecule has 6 rings (SSSR count). The molecule has 0 aromatic rings. The molecular weight excluding hydrogens is 418 g/mol. The van der Waals surface area contributed by atoms with E-state index in [9.17, 15) is 20.1 Å². The molecule has 2 aliphatic heterocycles. The first kappa shape index (κ1) is 21.8. The average Bonchev–Trinajstić information content (AvgIpc) is 3.14. The predicted molar refractivity (Wildman–Crippen MR) is 117 cm³/mol. The number of aliphatic hydroxyl groups is 3. The number of nitrogens with one attached hydrogen (secondary N) is 2. The summed E-state index contributed by atoms with van der Waals surface area (Å²) in [4.78, 5) is 14.6. The number of unbranched alkanes of at least 4 members (excludes halogenated alkanes) is 1. The first-order valence-corrected chi connectivity index (χ1v) is 12.3. The van der Waals surface area contributed by atoms with Crippen molar-refractivity contribution in [2.24, 2.45) is 23.2 Å².